The summed E-state index contributed by atoms with van der Waals surface area (Å²) in [5, 5.41) is 15.8. The minimum atomic E-state index is -0.991. The summed E-state index contributed by atoms with van der Waals surface area (Å²) < 4.78 is 6.64. The fourth-order valence-corrected chi connectivity index (χ4v) is 6.65. The second-order valence-corrected chi connectivity index (χ2v) is 9.72. The van der Waals surface area contributed by atoms with Crippen LogP contribution in [0.2, 0.25) is 0 Å². The Bertz CT molecular complexity index is 724. The summed E-state index contributed by atoms with van der Waals surface area (Å²) in [6.07, 6.45) is 7.96. The first-order chi connectivity index (χ1) is 14.9. The highest BCUT2D eigenvalue weighted by Crippen LogP contribution is 2.64. The number of amides is 3. The highest BCUT2D eigenvalue weighted by Gasteiger charge is 2.78. The van der Waals surface area contributed by atoms with Gasteiger partial charge in [0, 0.05) is 19.1 Å². The molecule has 3 heterocycles. The van der Waals surface area contributed by atoms with Gasteiger partial charge < -0.3 is 25.4 Å². The largest absolute Gasteiger partial charge is 0.395 e. The lowest BCUT2D eigenvalue weighted by atomic mass is 9.65. The molecule has 0 aromatic carbocycles. The van der Waals surface area contributed by atoms with Crippen molar-refractivity contribution in [2.75, 3.05) is 19.7 Å². The third-order valence-electron chi connectivity index (χ3n) is 8.05. The van der Waals surface area contributed by atoms with Gasteiger partial charge in [-0.25, -0.2) is 0 Å². The van der Waals surface area contributed by atoms with Crippen LogP contribution in [-0.2, 0) is 19.1 Å². The minimum absolute atomic E-state index is 0.0750. The zero-order chi connectivity index (χ0) is 22.2. The SMILES string of the molecule is CCCNC(=O)[C@H]1[C@H]2C(=O)N(CCO)C(C(=O)NC3CCCCC3)C23CC[C@]1(CC)O3. The van der Waals surface area contributed by atoms with E-state index in [0.29, 0.717) is 25.8 Å². The van der Waals surface area contributed by atoms with Crippen molar-refractivity contribution < 1.29 is 24.2 Å². The average Bonchev–Trinajstić information content (AvgIpc) is 3.37. The molecule has 0 radical (unpaired) electrons. The van der Waals surface area contributed by atoms with Gasteiger partial charge in [0.05, 0.1) is 24.0 Å². The van der Waals surface area contributed by atoms with Gasteiger partial charge in [-0.3, -0.25) is 14.4 Å². The third-order valence-corrected chi connectivity index (χ3v) is 8.05. The number of likely N-dealkylation sites (tertiary alicyclic amines) is 1. The van der Waals surface area contributed by atoms with E-state index in [1.165, 1.54) is 11.3 Å². The summed E-state index contributed by atoms with van der Waals surface area (Å²) in [7, 11) is 0. The molecular formula is C23H37N3O5. The predicted molar refractivity (Wildman–Crippen MR) is 114 cm³/mol. The second kappa shape index (κ2) is 8.70. The molecule has 3 aliphatic heterocycles. The molecule has 8 heteroatoms. The molecule has 3 saturated heterocycles. The number of carbonyl (C=O) groups is 3. The molecular weight excluding hydrogens is 398 g/mol. The minimum Gasteiger partial charge on any atom is -0.395 e. The number of carbonyl (C=O) groups excluding carboxylic acids is 3. The molecule has 1 saturated carbocycles. The molecule has 8 nitrogen and oxygen atoms in total. The Morgan fingerprint density at radius 2 is 1.90 bits per heavy atom. The summed E-state index contributed by atoms with van der Waals surface area (Å²) in [4.78, 5) is 41.8. The van der Waals surface area contributed by atoms with Gasteiger partial charge >= 0.3 is 0 Å². The molecule has 4 aliphatic rings. The molecule has 1 spiro atoms. The van der Waals surface area contributed by atoms with Crippen LogP contribution in [-0.4, -0.2) is 70.7 Å². The Morgan fingerprint density at radius 1 is 1.16 bits per heavy atom. The number of ether oxygens (including phenoxy) is 1. The summed E-state index contributed by atoms with van der Waals surface area (Å²) in [6, 6.07) is -0.679. The van der Waals surface area contributed by atoms with Crippen molar-refractivity contribution in [3.05, 3.63) is 0 Å². The van der Waals surface area contributed by atoms with Crippen LogP contribution >= 0.6 is 0 Å². The lowest BCUT2D eigenvalue weighted by molar-refractivity contribution is -0.148. The lowest BCUT2D eigenvalue weighted by Gasteiger charge is -2.35. The molecule has 3 amide bonds. The van der Waals surface area contributed by atoms with Gasteiger partial charge in [-0.15, -0.1) is 0 Å². The van der Waals surface area contributed by atoms with E-state index < -0.39 is 29.1 Å². The number of hydrogen-bond acceptors (Lipinski definition) is 5. The molecule has 174 valence electrons. The predicted octanol–water partition coefficient (Wildman–Crippen LogP) is 1.11. The van der Waals surface area contributed by atoms with E-state index in [0.717, 1.165) is 32.1 Å². The van der Waals surface area contributed by atoms with Gasteiger partial charge in [-0.1, -0.05) is 33.1 Å². The number of aliphatic hydroxyl groups excluding tert-OH is 1. The Balaban J connectivity index is 1.67. The van der Waals surface area contributed by atoms with E-state index >= 15 is 0 Å². The number of aliphatic hydroxyl groups is 1. The fourth-order valence-electron chi connectivity index (χ4n) is 6.65. The number of fused-ring (bicyclic) bond motifs is 1. The number of hydrogen-bond donors (Lipinski definition) is 3. The highest BCUT2D eigenvalue weighted by atomic mass is 16.5. The van der Waals surface area contributed by atoms with Crippen molar-refractivity contribution in [1.82, 2.24) is 15.5 Å². The summed E-state index contributed by atoms with van der Waals surface area (Å²) >= 11 is 0. The van der Waals surface area contributed by atoms with Gasteiger partial charge in [0.15, 0.2) is 0 Å². The second-order valence-electron chi connectivity index (χ2n) is 9.72. The molecule has 0 aromatic heterocycles. The van der Waals surface area contributed by atoms with Crippen LogP contribution in [0.25, 0.3) is 0 Å². The molecule has 4 fully saturated rings. The maximum Gasteiger partial charge on any atom is 0.246 e. The summed E-state index contributed by atoms with van der Waals surface area (Å²) in [5.41, 5.74) is -1.69. The Morgan fingerprint density at radius 3 is 2.55 bits per heavy atom. The Kier molecular flexibility index (Phi) is 6.32. The van der Waals surface area contributed by atoms with Crippen molar-refractivity contribution in [1.29, 1.82) is 0 Å². The average molecular weight is 436 g/mol. The zero-order valence-corrected chi connectivity index (χ0v) is 18.8. The molecule has 0 aromatic rings. The van der Waals surface area contributed by atoms with Crippen molar-refractivity contribution >= 4 is 17.7 Å². The van der Waals surface area contributed by atoms with Crippen LogP contribution in [0.15, 0.2) is 0 Å². The van der Waals surface area contributed by atoms with Crippen molar-refractivity contribution in [3.8, 4) is 0 Å². The maximum atomic E-state index is 13.6. The van der Waals surface area contributed by atoms with Crippen molar-refractivity contribution in [2.24, 2.45) is 11.8 Å². The first-order valence-electron chi connectivity index (χ1n) is 12.1. The van der Waals surface area contributed by atoms with E-state index in [-0.39, 0.29) is 36.9 Å². The van der Waals surface area contributed by atoms with E-state index in [1.807, 2.05) is 13.8 Å². The van der Waals surface area contributed by atoms with Gasteiger partial charge in [0.25, 0.3) is 0 Å². The van der Waals surface area contributed by atoms with E-state index in [1.54, 1.807) is 0 Å². The molecule has 3 N–H and O–H groups in total. The number of β-amino-alcohol motifs (C(OH)–C–C–N with tert-alkyl or cyclic N) is 1. The van der Waals surface area contributed by atoms with Crippen LogP contribution < -0.4 is 10.6 Å². The molecule has 2 bridgehead atoms. The third kappa shape index (κ3) is 3.46. The van der Waals surface area contributed by atoms with E-state index in [2.05, 4.69) is 10.6 Å². The maximum absolute atomic E-state index is 13.6. The van der Waals surface area contributed by atoms with Crippen LogP contribution in [0.1, 0.15) is 71.6 Å². The zero-order valence-electron chi connectivity index (χ0n) is 18.8. The number of nitrogens with one attached hydrogen (secondary N) is 2. The standard InChI is InChI=1S/C23H37N3O5/c1-3-12-24-19(28)16-17-21(30)26(13-14-27)18(20(29)25-15-8-6-5-7-9-15)23(17)11-10-22(16,4-2)31-23/h15-18,27H,3-14H2,1-2H3,(H,24,28)(H,25,29)/t16-,17+,18?,22+,23?/m1/s1. The lowest BCUT2D eigenvalue weighted by Crippen LogP contribution is -2.57. The van der Waals surface area contributed by atoms with Gasteiger partial charge in [-0.2, -0.15) is 0 Å². The van der Waals surface area contributed by atoms with Gasteiger partial charge in [0.1, 0.15) is 11.6 Å². The molecule has 5 atom stereocenters. The number of nitrogens with zero attached hydrogens (tertiary/aromatic N) is 1. The van der Waals surface area contributed by atoms with Crippen LogP contribution in [0, 0.1) is 11.8 Å². The number of rotatable bonds is 8. The van der Waals surface area contributed by atoms with Crippen LogP contribution in [0.4, 0.5) is 0 Å². The smallest absolute Gasteiger partial charge is 0.246 e. The Hall–Kier alpha value is -1.67. The van der Waals surface area contributed by atoms with Gasteiger partial charge in [-0.05, 0) is 38.5 Å². The van der Waals surface area contributed by atoms with E-state index in [4.69, 9.17) is 4.74 Å². The quantitative estimate of drug-likeness (QED) is 0.529. The topological polar surface area (TPSA) is 108 Å². The molecule has 31 heavy (non-hydrogen) atoms. The normalized spacial score (nSPS) is 37.2. The van der Waals surface area contributed by atoms with Crippen LogP contribution in [0.5, 0.6) is 0 Å². The summed E-state index contributed by atoms with van der Waals surface area (Å²) in [5.74, 6) is -1.85. The van der Waals surface area contributed by atoms with Crippen LogP contribution in [0.3, 0.4) is 0 Å². The molecule has 2 unspecified atom stereocenters. The van der Waals surface area contributed by atoms with Crippen molar-refractivity contribution in [3.63, 3.8) is 0 Å². The van der Waals surface area contributed by atoms with E-state index in [9.17, 15) is 19.5 Å². The molecule has 1 aliphatic carbocycles. The van der Waals surface area contributed by atoms with Gasteiger partial charge in [0.2, 0.25) is 17.7 Å². The highest BCUT2D eigenvalue weighted by molar-refractivity contribution is 5.99. The Labute approximate surface area is 184 Å². The van der Waals surface area contributed by atoms with Crippen molar-refractivity contribution in [2.45, 2.75) is 94.9 Å². The summed E-state index contributed by atoms with van der Waals surface area (Å²) in [6.45, 7) is 4.38. The monoisotopic (exact) mass is 435 g/mol. The first-order valence-corrected chi connectivity index (χ1v) is 12.1. The first kappa shape index (κ1) is 22.5. The molecule has 4 rings (SSSR count). The fraction of sp³-hybridized carbons (Fsp3) is 0.870.